The van der Waals surface area contributed by atoms with Crippen LogP contribution in [0.2, 0.25) is 0 Å². The number of nitro benzene ring substituents is 1. The largest absolute Gasteiger partial charge is 0.362 e. The van der Waals surface area contributed by atoms with Crippen molar-refractivity contribution in [3.05, 3.63) is 76.1 Å². The molecular formula is C23H26N6O3S. The lowest BCUT2D eigenvalue weighted by molar-refractivity contribution is -0.384. The molecule has 2 heterocycles. The normalized spacial score (nSPS) is 13.8. The number of anilines is 1. The summed E-state index contributed by atoms with van der Waals surface area (Å²) >= 11 is 1.40. The van der Waals surface area contributed by atoms with Gasteiger partial charge in [-0.15, -0.1) is 10.2 Å². The van der Waals surface area contributed by atoms with Gasteiger partial charge >= 0.3 is 0 Å². The van der Waals surface area contributed by atoms with Gasteiger partial charge in [0.15, 0.2) is 5.16 Å². The van der Waals surface area contributed by atoms with Gasteiger partial charge in [-0.1, -0.05) is 54.2 Å². The van der Waals surface area contributed by atoms with Crippen molar-refractivity contribution in [2.24, 2.45) is 0 Å². The molecular weight excluding hydrogens is 440 g/mol. The lowest BCUT2D eigenvalue weighted by Gasteiger charge is -2.35. The van der Waals surface area contributed by atoms with E-state index in [1.165, 1.54) is 23.4 Å². The monoisotopic (exact) mass is 466 g/mol. The van der Waals surface area contributed by atoms with E-state index in [0.29, 0.717) is 38.3 Å². The smallest absolute Gasteiger partial charge is 0.292 e. The molecule has 0 aliphatic carbocycles. The molecule has 1 saturated heterocycles. The molecule has 1 aliphatic heterocycles. The molecule has 3 aromatic rings. The Kier molecular flexibility index (Phi) is 7.23. The van der Waals surface area contributed by atoms with Gasteiger partial charge in [-0.25, -0.2) is 0 Å². The highest BCUT2D eigenvalue weighted by atomic mass is 32.2. The number of aromatic nitrogens is 3. The second kappa shape index (κ2) is 10.5. The predicted molar refractivity (Wildman–Crippen MR) is 128 cm³/mol. The minimum absolute atomic E-state index is 0.0393. The van der Waals surface area contributed by atoms with Crippen molar-refractivity contribution in [3.8, 4) is 0 Å². The van der Waals surface area contributed by atoms with Crippen LogP contribution in [0.5, 0.6) is 0 Å². The molecule has 1 amide bonds. The molecule has 172 valence electrons. The van der Waals surface area contributed by atoms with Crippen LogP contribution in [0.25, 0.3) is 0 Å². The Bertz CT molecular complexity index is 1110. The first-order chi connectivity index (χ1) is 16.1. The molecule has 0 saturated carbocycles. The summed E-state index contributed by atoms with van der Waals surface area (Å²) in [6.45, 7) is 4.98. The summed E-state index contributed by atoms with van der Waals surface area (Å²) in [6.07, 6.45) is 0.698. The van der Waals surface area contributed by atoms with Crippen LogP contribution in [0.15, 0.2) is 59.8 Å². The molecule has 0 bridgehead atoms. The van der Waals surface area contributed by atoms with Crippen molar-refractivity contribution in [1.29, 1.82) is 0 Å². The van der Waals surface area contributed by atoms with E-state index in [-0.39, 0.29) is 22.3 Å². The zero-order valence-electron chi connectivity index (χ0n) is 18.5. The van der Waals surface area contributed by atoms with Gasteiger partial charge in [-0.05, 0) is 18.6 Å². The summed E-state index contributed by atoms with van der Waals surface area (Å²) in [5.41, 5.74) is 1.87. The fourth-order valence-corrected chi connectivity index (χ4v) is 4.88. The summed E-state index contributed by atoms with van der Waals surface area (Å²) in [4.78, 5) is 27.5. The third-order valence-electron chi connectivity index (χ3n) is 5.69. The summed E-state index contributed by atoms with van der Waals surface area (Å²) in [7, 11) is 0. The number of nitrogens with zero attached hydrogens (tertiary/aromatic N) is 6. The second-order valence-electron chi connectivity index (χ2n) is 7.71. The molecule has 0 spiro atoms. The fourth-order valence-electron chi connectivity index (χ4n) is 3.95. The summed E-state index contributed by atoms with van der Waals surface area (Å²) in [6, 6.07) is 16.9. The standard InChI is InChI=1S/C23H26N6O3S/c1-2-28-21(16-18-8-4-3-5-9-18)24-25-23(28)33-17-22(30)27-14-12-26(13-15-27)19-10-6-7-11-20(19)29(31)32/h3-11H,2,12-17H2,1H3. The van der Waals surface area contributed by atoms with E-state index in [2.05, 4.69) is 26.9 Å². The van der Waals surface area contributed by atoms with Crippen LogP contribution in [0.1, 0.15) is 18.3 Å². The maximum absolute atomic E-state index is 12.8. The number of amides is 1. The van der Waals surface area contributed by atoms with Crippen LogP contribution in [0.3, 0.4) is 0 Å². The first-order valence-electron chi connectivity index (χ1n) is 10.9. The van der Waals surface area contributed by atoms with Gasteiger partial charge in [0, 0.05) is 45.2 Å². The molecule has 0 N–H and O–H groups in total. The third kappa shape index (κ3) is 5.33. The van der Waals surface area contributed by atoms with Crippen LogP contribution < -0.4 is 4.90 Å². The topological polar surface area (TPSA) is 97.4 Å². The molecule has 1 fully saturated rings. The Morgan fingerprint density at radius 2 is 1.73 bits per heavy atom. The predicted octanol–water partition coefficient (Wildman–Crippen LogP) is 3.24. The lowest BCUT2D eigenvalue weighted by atomic mass is 10.1. The molecule has 10 heteroatoms. The molecule has 9 nitrogen and oxygen atoms in total. The van der Waals surface area contributed by atoms with Gasteiger partial charge < -0.3 is 14.4 Å². The number of para-hydroxylation sites is 2. The molecule has 4 rings (SSSR count). The van der Waals surface area contributed by atoms with Gasteiger partial charge in [-0.3, -0.25) is 14.9 Å². The summed E-state index contributed by atoms with van der Waals surface area (Å²) in [5, 5.41) is 20.7. The Labute approximate surface area is 196 Å². The number of nitro groups is 1. The number of hydrogen-bond acceptors (Lipinski definition) is 7. The maximum Gasteiger partial charge on any atom is 0.292 e. The fraction of sp³-hybridized carbons (Fsp3) is 0.348. The van der Waals surface area contributed by atoms with E-state index >= 15 is 0 Å². The third-order valence-corrected chi connectivity index (χ3v) is 6.64. The highest BCUT2D eigenvalue weighted by molar-refractivity contribution is 7.99. The number of piperazine rings is 1. The Balaban J connectivity index is 1.33. The molecule has 0 unspecified atom stereocenters. The van der Waals surface area contributed by atoms with Crippen molar-refractivity contribution in [1.82, 2.24) is 19.7 Å². The van der Waals surface area contributed by atoms with Crippen molar-refractivity contribution in [3.63, 3.8) is 0 Å². The SMILES string of the molecule is CCn1c(Cc2ccccc2)nnc1SCC(=O)N1CCN(c2ccccc2[N+](=O)[O-])CC1. The first-order valence-corrected chi connectivity index (χ1v) is 11.9. The number of hydrogen-bond donors (Lipinski definition) is 0. The lowest BCUT2D eigenvalue weighted by Crippen LogP contribution is -2.49. The van der Waals surface area contributed by atoms with E-state index in [9.17, 15) is 14.9 Å². The quantitative estimate of drug-likeness (QED) is 0.286. The molecule has 1 aliphatic rings. The number of carbonyl (C=O) groups excluding carboxylic acids is 1. The minimum Gasteiger partial charge on any atom is -0.362 e. The van der Waals surface area contributed by atoms with Crippen molar-refractivity contribution in [2.75, 3.05) is 36.8 Å². The average Bonchev–Trinajstić information content (AvgIpc) is 3.24. The summed E-state index contributed by atoms with van der Waals surface area (Å²) in [5.74, 6) is 1.21. The number of benzene rings is 2. The van der Waals surface area contributed by atoms with Gasteiger partial charge in [0.2, 0.25) is 5.91 Å². The molecule has 1 aromatic heterocycles. The minimum atomic E-state index is -0.362. The highest BCUT2D eigenvalue weighted by Crippen LogP contribution is 2.28. The zero-order chi connectivity index (χ0) is 23.2. The molecule has 2 aromatic carbocycles. The van der Waals surface area contributed by atoms with E-state index < -0.39 is 0 Å². The van der Waals surface area contributed by atoms with Crippen LogP contribution in [-0.4, -0.2) is 62.4 Å². The van der Waals surface area contributed by atoms with Crippen LogP contribution in [0.4, 0.5) is 11.4 Å². The number of thioether (sulfide) groups is 1. The van der Waals surface area contributed by atoms with Crippen LogP contribution in [0, 0.1) is 10.1 Å². The van der Waals surface area contributed by atoms with Gasteiger partial charge in [-0.2, -0.15) is 0 Å². The summed E-state index contributed by atoms with van der Waals surface area (Å²) < 4.78 is 2.05. The first kappa shape index (κ1) is 22.8. The Morgan fingerprint density at radius 1 is 1.03 bits per heavy atom. The van der Waals surface area contributed by atoms with Crippen LogP contribution in [-0.2, 0) is 17.8 Å². The van der Waals surface area contributed by atoms with Crippen LogP contribution >= 0.6 is 11.8 Å². The molecule has 0 radical (unpaired) electrons. The number of rotatable bonds is 8. The van der Waals surface area contributed by atoms with E-state index in [1.807, 2.05) is 34.9 Å². The number of carbonyl (C=O) groups is 1. The van der Waals surface area contributed by atoms with Gasteiger partial charge in [0.05, 0.1) is 10.7 Å². The molecule has 0 atom stereocenters. The van der Waals surface area contributed by atoms with Crippen molar-refractivity contribution in [2.45, 2.75) is 25.0 Å². The maximum atomic E-state index is 12.8. The van der Waals surface area contributed by atoms with Crippen molar-refractivity contribution < 1.29 is 9.72 Å². The highest BCUT2D eigenvalue weighted by Gasteiger charge is 2.26. The van der Waals surface area contributed by atoms with Crippen molar-refractivity contribution >= 4 is 29.0 Å². The van der Waals surface area contributed by atoms with Gasteiger partial charge in [0.25, 0.3) is 5.69 Å². The Morgan fingerprint density at radius 3 is 2.42 bits per heavy atom. The van der Waals surface area contributed by atoms with E-state index in [1.54, 1.807) is 18.2 Å². The van der Waals surface area contributed by atoms with E-state index in [4.69, 9.17) is 0 Å². The zero-order valence-corrected chi connectivity index (χ0v) is 19.3. The van der Waals surface area contributed by atoms with Gasteiger partial charge in [0.1, 0.15) is 11.5 Å². The molecule has 33 heavy (non-hydrogen) atoms. The van der Waals surface area contributed by atoms with E-state index in [0.717, 1.165) is 17.5 Å². The second-order valence-corrected chi connectivity index (χ2v) is 8.65. The Hall–Kier alpha value is -3.40. The average molecular weight is 467 g/mol.